The van der Waals surface area contributed by atoms with Crippen molar-refractivity contribution in [2.75, 3.05) is 79.2 Å². The van der Waals surface area contributed by atoms with Gasteiger partial charge in [0.05, 0.1) is 59.4 Å². The molecular weight excluding hydrogens is 375 g/mol. The summed E-state index contributed by atoms with van der Waals surface area (Å²) in [6, 6.07) is 0. The summed E-state index contributed by atoms with van der Waals surface area (Å²) in [5, 5.41) is 5.14. The van der Waals surface area contributed by atoms with Crippen molar-refractivity contribution in [3.8, 4) is 0 Å². The van der Waals surface area contributed by atoms with Crippen molar-refractivity contribution in [3.05, 3.63) is 0 Å². The van der Waals surface area contributed by atoms with E-state index < -0.39 is 6.17 Å². The predicted octanol–water partition coefficient (Wildman–Crippen LogP) is 0.0698. The zero-order chi connectivity index (χ0) is 20.9. The average molecular weight is 410 g/mol. The molecule has 0 saturated carbocycles. The lowest BCUT2D eigenvalue weighted by Gasteiger charge is -2.10. The molecule has 0 bridgehead atoms. The van der Waals surface area contributed by atoms with Gasteiger partial charge in [-0.3, -0.25) is 9.59 Å². The van der Waals surface area contributed by atoms with Gasteiger partial charge in [0, 0.05) is 19.6 Å². The molecule has 10 heteroatoms. The van der Waals surface area contributed by atoms with Crippen LogP contribution < -0.4 is 10.6 Å². The Bertz CT molecular complexity index is 389. The second kappa shape index (κ2) is 20.4. The van der Waals surface area contributed by atoms with Gasteiger partial charge in [-0.2, -0.15) is 0 Å². The monoisotopic (exact) mass is 410 g/mol. The first-order chi connectivity index (χ1) is 13.6. The van der Waals surface area contributed by atoms with E-state index in [2.05, 4.69) is 10.6 Å². The molecule has 0 spiro atoms. The van der Waals surface area contributed by atoms with Crippen molar-refractivity contribution in [2.24, 2.45) is 0 Å². The van der Waals surface area contributed by atoms with E-state index in [-0.39, 0.29) is 38.2 Å². The van der Waals surface area contributed by atoms with Gasteiger partial charge in [-0.1, -0.05) is 6.92 Å². The van der Waals surface area contributed by atoms with E-state index in [1.165, 1.54) is 0 Å². The lowest BCUT2D eigenvalue weighted by molar-refractivity contribution is -0.125. The van der Waals surface area contributed by atoms with Crippen molar-refractivity contribution in [2.45, 2.75) is 26.4 Å². The fraction of sp³-hybridized carbons (Fsp3) is 0.889. The third-order valence-corrected chi connectivity index (χ3v) is 3.26. The molecule has 0 aliphatic carbocycles. The van der Waals surface area contributed by atoms with E-state index >= 15 is 0 Å². The molecule has 0 heterocycles. The number of rotatable bonds is 20. The van der Waals surface area contributed by atoms with Crippen LogP contribution in [0.1, 0.15) is 20.3 Å². The Morgan fingerprint density at radius 2 is 1.36 bits per heavy atom. The lowest BCUT2D eigenvalue weighted by Crippen LogP contribution is -2.32. The summed E-state index contributed by atoms with van der Waals surface area (Å²) >= 11 is 0. The highest BCUT2D eigenvalue weighted by atomic mass is 19.1. The van der Waals surface area contributed by atoms with Gasteiger partial charge in [0.25, 0.3) is 0 Å². The van der Waals surface area contributed by atoms with E-state index in [1.54, 1.807) is 6.92 Å². The molecule has 0 aromatic heterocycles. The van der Waals surface area contributed by atoms with Gasteiger partial charge < -0.3 is 34.3 Å². The number of halogens is 1. The first-order valence-electron chi connectivity index (χ1n) is 9.66. The molecule has 9 nitrogen and oxygen atoms in total. The topological polar surface area (TPSA) is 104 Å². The summed E-state index contributed by atoms with van der Waals surface area (Å²) in [7, 11) is 0. The SMILES string of the molecule is CCOCC(=O)NCCOCCOCCOCCOCC(F)CNC(=O)CC. The van der Waals surface area contributed by atoms with Gasteiger partial charge in [-0.15, -0.1) is 0 Å². The number of nitrogens with one attached hydrogen (secondary N) is 2. The predicted molar refractivity (Wildman–Crippen MR) is 101 cm³/mol. The van der Waals surface area contributed by atoms with Crippen LogP contribution in [0.3, 0.4) is 0 Å². The largest absolute Gasteiger partial charge is 0.377 e. The van der Waals surface area contributed by atoms with Gasteiger partial charge in [0.2, 0.25) is 11.8 Å². The van der Waals surface area contributed by atoms with Crippen LogP contribution in [0.5, 0.6) is 0 Å². The maximum atomic E-state index is 13.4. The molecule has 0 fully saturated rings. The highest BCUT2D eigenvalue weighted by Gasteiger charge is 2.07. The van der Waals surface area contributed by atoms with Crippen molar-refractivity contribution in [1.82, 2.24) is 10.6 Å². The molecule has 0 aliphatic rings. The number of amides is 2. The van der Waals surface area contributed by atoms with Crippen LogP contribution in [0, 0.1) is 0 Å². The Balaban J connectivity index is 3.19. The van der Waals surface area contributed by atoms with E-state index in [0.29, 0.717) is 59.2 Å². The Morgan fingerprint density at radius 1 is 0.786 bits per heavy atom. The fourth-order valence-corrected chi connectivity index (χ4v) is 1.79. The van der Waals surface area contributed by atoms with Crippen LogP contribution in [-0.2, 0) is 33.3 Å². The third-order valence-electron chi connectivity index (χ3n) is 3.26. The van der Waals surface area contributed by atoms with Crippen LogP contribution >= 0.6 is 0 Å². The molecule has 0 aromatic carbocycles. The van der Waals surface area contributed by atoms with Crippen LogP contribution in [0.4, 0.5) is 4.39 Å². The normalized spacial score (nSPS) is 12.0. The van der Waals surface area contributed by atoms with Gasteiger partial charge in [-0.05, 0) is 6.92 Å². The Labute approximate surface area is 166 Å². The molecule has 1 unspecified atom stereocenters. The lowest BCUT2D eigenvalue weighted by atomic mass is 10.4. The zero-order valence-electron chi connectivity index (χ0n) is 17.0. The minimum Gasteiger partial charge on any atom is -0.377 e. The van der Waals surface area contributed by atoms with Crippen molar-refractivity contribution < 1.29 is 37.7 Å². The maximum absolute atomic E-state index is 13.4. The highest BCUT2D eigenvalue weighted by molar-refractivity contribution is 5.77. The highest BCUT2D eigenvalue weighted by Crippen LogP contribution is 1.91. The summed E-state index contributed by atoms with van der Waals surface area (Å²) in [5.41, 5.74) is 0. The van der Waals surface area contributed by atoms with Crippen LogP contribution in [0.25, 0.3) is 0 Å². The Hall–Kier alpha value is -1.33. The van der Waals surface area contributed by atoms with Gasteiger partial charge in [0.15, 0.2) is 0 Å². The quantitative estimate of drug-likeness (QED) is 0.274. The van der Waals surface area contributed by atoms with Crippen molar-refractivity contribution in [1.29, 1.82) is 0 Å². The van der Waals surface area contributed by atoms with Crippen LogP contribution in [0.2, 0.25) is 0 Å². The van der Waals surface area contributed by atoms with Gasteiger partial charge in [0.1, 0.15) is 12.8 Å². The molecule has 2 amide bonds. The summed E-state index contributed by atoms with van der Waals surface area (Å²) in [5.74, 6) is -0.339. The second-order valence-corrected chi connectivity index (χ2v) is 5.65. The van der Waals surface area contributed by atoms with Crippen molar-refractivity contribution in [3.63, 3.8) is 0 Å². The van der Waals surface area contributed by atoms with Gasteiger partial charge in [-0.25, -0.2) is 4.39 Å². The summed E-state index contributed by atoms with van der Waals surface area (Å²) in [6.45, 7) is 7.14. The van der Waals surface area contributed by atoms with Crippen LogP contribution in [-0.4, -0.2) is 97.1 Å². The van der Waals surface area contributed by atoms with Crippen molar-refractivity contribution >= 4 is 11.8 Å². The molecule has 0 saturated heterocycles. The third kappa shape index (κ3) is 19.4. The number of carbonyl (C=O) groups is 2. The number of carbonyl (C=O) groups excluding carboxylic acids is 2. The standard InChI is InChI=1S/C18H35FN2O7/c1-3-17(22)21-13-16(19)14-28-12-11-27-10-9-26-8-7-25-6-5-20-18(23)15-24-4-2/h16H,3-15H2,1-2H3,(H,20,23)(H,21,22). The molecule has 1 atom stereocenters. The molecule has 0 aromatic rings. The van der Waals surface area contributed by atoms with E-state index in [9.17, 15) is 14.0 Å². The number of hydrogen-bond donors (Lipinski definition) is 2. The first kappa shape index (κ1) is 26.7. The van der Waals surface area contributed by atoms with E-state index in [1.807, 2.05) is 6.92 Å². The number of ether oxygens (including phenoxy) is 5. The zero-order valence-corrected chi connectivity index (χ0v) is 17.0. The molecule has 2 N–H and O–H groups in total. The van der Waals surface area contributed by atoms with E-state index in [4.69, 9.17) is 23.7 Å². The second-order valence-electron chi connectivity index (χ2n) is 5.65. The molecule has 0 aliphatic heterocycles. The molecule has 28 heavy (non-hydrogen) atoms. The maximum Gasteiger partial charge on any atom is 0.246 e. The minimum absolute atomic E-state index is 0.0386. The number of hydrogen-bond acceptors (Lipinski definition) is 7. The fourth-order valence-electron chi connectivity index (χ4n) is 1.79. The molecule has 0 rings (SSSR count). The summed E-state index contributed by atoms with van der Waals surface area (Å²) in [6.07, 6.45) is -0.889. The molecular formula is C18H35FN2O7. The smallest absolute Gasteiger partial charge is 0.246 e. The van der Waals surface area contributed by atoms with Gasteiger partial charge >= 0.3 is 0 Å². The Morgan fingerprint density at radius 3 is 1.93 bits per heavy atom. The summed E-state index contributed by atoms with van der Waals surface area (Å²) in [4.78, 5) is 22.2. The average Bonchev–Trinajstić information content (AvgIpc) is 2.70. The molecule has 166 valence electrons. The number of alkyl halides is 1. The van der Waals surface area contributed by atoms with Crippen LogP contribution in [0.15, 0.2) is 0 Å². The molecule has 0 radical (unpaired) electrons. The first-order valence-corrected chi connectivity index (χ1v) is 9.66. The Kier molecular flexibility index (Phi) is 19.4. The summed E-state index contributed by atoms with van der Waals surface area (Å²) < 4.78 is 39.4. The minimum atomic E-state index is -1.23. The van der Waals surface area contributed by atoms with E-state index in [0.717, 1.165) is 0 Å².